The maximum Gasteiger partial charge on any atom is 0.257 e. The lowest BCUT2D eigenvalue weighted by atomic mass is 10.2. The van der Waals surface area contributed by atoms with E-state index in [1.54, 1.807) is 11.9 Å². The minimum Gasteiger partial charge on any atom is -0.372 e. The molecule has 1 N–H and O–H groups in total. The zero-order chi connectivity index (χ0) is 15.1. The van der Waals surface area contributed by atoms with Crippen molar-refractivity contribution in [3.8, 4) is 0 Å². The predicted octanol–water partition coefficient (Wildman–Crippen LogP) is 1.68. The van der Waals surface area contributed by atoms with Gasteiger partial charge in [0.15, 0.2) is 0 Å². The van der Waals surface area contributed by atoms with E-state index in [0.717, 1.165) is 19.2 Å². The average Bonchev–Trinajstić information content (AvgIpc) is 2.42. The molecule has 0 saturated carbocycles. The van der Waals surface area contributed by atoms with Crippen LogP contribution in [0.25, 0.3) is 0 Å². The second-order valence-electron chi connectivity index (χ2n) is 4.84. The first-order chi connectivity index (χ1) is 9.49. The molecule has 0 saturated heterocycles. The number of aromatic nitrogens is 1. The summed E-state index contributed by atoms with van der Waals surface area (Å²) in [5, 5.41) is 2.82. The topological polar surface area (TPSA) is 48.5 Å². The lowest BCUT2D eigenvalue weighted by Gasteiger charge is -2.22. The van der Waals surface area contributed by atoms with Gasteiger partial charge in [0, 0.05) is 20.1 Å². The number of halogens is 1. The van der Waals surface area contributed by atoms with Crippen molar-refractivity contribution in [2.24, 2.45) is 0 Å². The summed E-state index contributed by atoms with van der Waals surface area (Å²) in [5.74, 6) is -0.290. The summed E-state index contributed by atoms with van der Waals surface area (Å²) in [4.78, 5) is 20.1. The Balaban J connectivity index is 2.82. The summed E-state index contributed by atoms with van der Waals surface area (Å²) in [6.07, 6.45) is 1.98. The second-order valence-corrected chi connectivity index (χ2v) is 4.84. The largest absolute Gasteiger partial charge is 0.372 e. The summed E-state index contributed by atoms with van der Waals surface area (Å²) >= 11 is 0. The van der Waals surface area contributed by atoms with Crippen LogP contribution in [0.5, 0.6) is 0 Å². The molecular formula is C14H23FN4O. The molecule has 20 heavy (non-hydrogen) atoms. The predicted molar refractivity (Wildman–Crippen MR) is 78.5 cm³/mol. The summed E-state index contributed by atoms with van der Waals surface area (Å²) in [6, 6.07) is 1.23. The maximum absolute atomic E-state index is 13.3. The Kier molecular flexibility index (Phi) is 6.38. The fourth-order valence-electron chi connectivity index (χ4n) is 1.95. The molecule has 0 fully saturated rings. The van der Waals surface area contributed by atoms with Gasteiger partial charge in [-0.3, -0.25) is 4.79 Å². The first-order valence-electron chi connectivity index (χ1n) is 6.76. The lowest BCUT2D eigenvalue weighted by Crippen LogP contribution is -2.33. The maximum atomic E-state index is 13.3. The van der Waals surface area contributed by atoms with Gasteiger partial charge >= 0.3 is 0 Å². The second kappa shape index (κ2) is 7.79. The molecule has 112 valence electrons. The lowest BCUT2D eigenvalue weighted by molar-refractivity contribution is 0.0759. The first kappa shape index (κ1) is 16.4. The van der Waals surface area contributed by atoms with Crippen molar-refractivity contribution in [2.45, 2.75) is 13.3 Å². The Bertz CT molecular complexity index is 451. The molecule has 0 spiro atoms. The Morgan fingerprint density at radius 3 is 2.65 bits per heavy atom. The number of carbonyl (C=O) groups excluding carboxylic acids is 1. The van der Waals surface area contributed by atoms with Gasteiger partial charge in [-0.05, 0) is 40.1 Å². The van der Waals surface area contributed by atoms with E-state index in [4.69, 9.17) is 0 Å². The highest BCUT2D eigenvalue weighted by Gasteiger charge is 2.18. The van der Waals surface area contributed by atoms with Gasteiger partial charge in [0.1, 0.15) is 11.6 Å². The third-order valence-electron chi connectivity index (χ3n) is 3.02. The molecule has 1 heterocycles. The van der Waals surface area contributed by atoms with Crippen molar-refractivity contribution in [1.29, 1.82) is 0 Å². The monoisotopic (exact) mass is 282 g/mol. The molecular weight excluding hydrogens is 259 g/mol. The van der Waals surface area contributed by atoms with Gasteiger partial charge in [0.05, 0.1) is 11.8 Å². The highest BCUT2D eigenvalue weighted by Crippen LogP contribution is 2.15. The number of hydrogen-bond donors (Lipinski definition) is 1. The molecule has 1 aromatic heterocycles. The third-order valence-corrected chi connectivity index (χ3v) is 3.02. The Labute approximate surface area is 119 Å². The van der Waals surface area contributed by atoms with Crippen molar-refractivity contribution in [3.63, 3.8) is 0 Å². The number of carbonyl (C=O) groups is 1. The molecule has 1 amide bonds. The Morgan fingerprint density at radius 1 is 1.40 bits per heavy atom. The highest BCUT2D eigenvalue weighted by molar-refractivity contribution is 5.98. The van der Waals surface area contributed by atoms with E-state index in [-0.39, 0.29) is 11.5 Å². The molecule has 0 aliphatic carbocycles. The smallest absolute Gasteiger partial charge is 0.257 e. The van der Waals surface area contributed by atoms with Gasteiger partial charge in [-0.2, -0.15) is 0 Å². The number of nitrogens with one attached hydrogen (secondary N) is 1. The molecule has 0 bridgehead atoms. The highest BCUT2D eigenvalue weighted by atomic mass is 19.1. The van der Waals surface area contributed by atoms with Crippen LogP contribution in [-0.2, 0) is 0 Å². The molecule has 6 heteroatoms. The minimum atomic E-state index is -0.503. The number of pyridine rings is 1. The van der Waals surface area contributed by atoms with Crippen LogP contribution in [0.3, 0.4) is 0 Å². The number of nitrogens with zero attached hydrogens (tertiary/aromatic N) is 3. The van der Waals surface area contributed by atoms with E-state index in [0.29, 0.717) is 18.9 Å². The quantitative estimate of drug-likeness (QED) is 0.826. The summed E-state index contributed by atoms with van der Waals surface area (Å²) in [5.41, 5.74) is 0.277. The normalized spacial score (nSPS) is 10.7. The van der Waals surface area contributed by atoms with E-state index >= 15 is 0 Å². The minimum absolute atomic E-state index is 0.192. The van der Waals surface area contributed by atoms with Crippen LogP contribution >= 0.6 is 0 Å². The standard InChI is InChI=1S/C14H23FN4O/c1-5-19(8-6-7-18(3)4)14(20)12-9-11(15)10-17-13(12)16-2/h9-10H,5-8H2,1-4H3,(H,16,17). The first-order valence-corrected chi connectivity index (χ1v) is 6.76. The number of rotatable bonds is 7. The van der Waals surface area contributed by atoms with E-state index in [1.807, 2.05) is 21.0 Å². The number of anilines is 1. The van der Waals surface area contributed by atoms with Gasteiger partial charge in [-0.25, -0.2) is 9.37 Å². The van der Waals surface area contributed by atoms with Crippen molar-refractivity contribution in [2.75, 3.05) is 46.1 Å². The molecule has 0 aliphatic heterocycles. The zero-order valence-electron chi connectivity index (χ0n) is 12.6. The van der Waals surface area contributed by atoms with E-state index in [9.17, 15) is 9.18 Å². The van der Waals surface area contributed by atoms with E-state index in [1.165, 1.54) is 6.07 Å². The van der Waals surface area contributed by atoms with Crippen LogP contribution in [-0.4, -0.2) is 61.5 Å². The molecule has 5 nitrogen and oxygen atoms in total. The number of hydrogen-bond acceptors (Lipinski definition) is 4. The number of amides is 1. The summed E-state index contributed by atoms with van der Waals surface area (Å²) < 4.78 is 13.3. The molecule has 1 rings (SSSR count). The molecule has 1 aromatic rings. The van der Waals surface area contributed by atoms with Gasteiger partial charge < -0.3 is 15.1 Å². The van der Waals surface area contributed by atoms with Crippen LogP contribution in [0.1, 0.15) is 23.7 Å². The Morgan fingerprint density at radius 2 is 2.10 bits per heavy atom. The van der Waals surface area contributed by atoms with Crippen LogP contribution < -0.4 is 5.32 Å². The van der Waals surface area contributed by atoms with Crippen molar-refractivity contribution < 1.29 is 9.18 Å². The molecule has 0 aromatic carbocycles. The van der Waals surface area contributed by atoms with Crippen LogP contribution in [0.2, 0.25) is 0 Å². The van der Waals surface area contributed by atoms with Crippen LogP contribution in [0.15, 0.2) is 12.3 Å². The van der Waals surface area contributed by atoms with Crippen molar-refractivity contribution >= 4 is 11.7 Å². The molecule has 0 atom stereocenters. The van der Waals surface area contributed by atoms with Gasteiger partial charge in [0.2, 0.25) is 0 Å². The third kappa shape index (κ3) is 4.45. The SMILES string of the molecule is CCN(CCCN(C)C)C(=O)c1cc(F)cnc1NC. The van der Waals surface area contributed by atoms with Crippen LogP contribution in [0, 0.1) is 5.82 Å². The van der Waals surface area contributed by atoms with Crippen molar-refractivity contribution in [1.82, 2.24) is 14.8 Å². The molecule has 0 radical (unpaired) electrons. The summed E-state index contributed by atoms with van der Waals surface area (Å²) in [6.45, 7) is 4.06. The fraction of sp³-hybridized carbons (Fsp3) is 0.571. The Hall–Kier alpha value is -1.69. The van der Waals surface area contributed by atoms with Gasteiger partial charge in [-0.15, -0.1) is 0 Å². The van der Waals surface area contributed by atoms with Gasteiger partial charge in [-0.1, -0.05) is 0 Å². The van der Waals surface area contributed by atoms with Crippen LogP contribution in [0.4, 0.5) is 10.2 Å². The molecule has 0 aliphatic rings. The van der Waals surface area contributed by atoms with E-state index < -0.39 is 5.82 Å². The average molecular weight is 282 g/mol. The zero-order valence-corrected chi connectivity index (χ0v) is 12.6. The summed E-state index contributed by atoms with van der Waals surface area (Å²) in [7, 11) is 5.65. The fourth-order valence-corrected chi connectivity index (χ4v) is 1.95. The van der Waals surface area contributed by atoms with Crippen molar-refractivity contribution in [3.05, 3.63) is 23.6 Å². The van der Waals surface area contributed by atoms with E-state index in [2.05, 4.69) is 15.2 Å². The van der Waals surface area contributed by atoms with Gasteiger partial charge in [0.25, 0.3) is 5.91 Å². The molecule has 0 unspecified atom stereocenters.